The lowest BCUT2D eigenvalue weighted by molar-refractivity contribution is -0.136. The van der Waals surface area contributed by atoms with Crippen LogP contribution < -0.4 is 0 Å². The number of aromatic nitrogens is 2. The number of pyridine rings is 1. The Kier molecular flexibility index (Phi) is 2.78. The lowest BCUT2D eigenvalue weighted by Crippen LogP contribution is -2.00. The number of halogens is 2. The van der Waals surface area contributed by atoms with Crippen LogP contribution in [-0.2, 0) is 11.2 Å². The molecule has 2 heterocycles. The van der Waals surface area contributed by atoms with E-state index in [0.29, 0.717) is 11.3 Å². The van der Waals surface area contributed by atoms with Crippen molar-refractivity contribution in [1.82, 2.24) is 9.38 Å². The Morgan fingerprint density at radius 1 is 1.62 bits per heavy atom. The van der Waals surface area contributed by atoms with E-state index in [9.17, 15) is 9.18 Å². The number of nitrogens with zero attached hydrogens (tertiary/aromatic N) is 2. The number of carbonyl (C=O) groups is 1. The van der Waals surface area contributed by atoms with E-state index in [1.54, 1.807) is 0 Å². The van der Waals surface area contributed by atoms with E-state index in [4.69, 9.17) is 16.7 Å². The van der Waals surface area contributed by atoms with Crippen LogP contribution in [0.4, 0.5) is 4.39 Å². The zero-order valence-electron chi connectivity index (χ0n) is 8.15. The fourth-order valence-electron chi connectivity index (χ4n) is 1.48. The first-order valence-electron chi connectivity index (χ1n) is 4.60. The Morgan fingerprint density at radius 3 is 3.06 bits per heavy atom. The average molecular weight is 243 g/mol. The lowest BCUT2D eigenvalue weighted by atomic mass is 10.2. The first kappa shape index (κ1) is 10.9. The van der Waals surface area contributed by atoms with Crippen LogP contribution in [0, 0.1) is 5.82 Å². The van der Waals surface area contributed by atoms with Crippen molar-refractivity contribution in [2.45, 2.75) is 12.8 Å². The minimum absolute atomic E-state index is 0.0259. The molecule has 0 amide bonds. The second-order valence-electron chi connectivity index (χ2n) is 3.34. The van der Waals surface area contributed by atoms with Gasteiger partial charge in [0.2, 0.25) is 0 Å². The molecule has 0 radical (unpaired) electrons. The largest absolute Gasteiger partial charge is 0.481 e. The highest BCUT2D eigenvalue weighted by Crippen LogP contribution is 2.19. The summed E-state index contributed by atoms with van der Waals surface area (Å²) in [5.74, 6) is -1.38. The maximum absolute atomic E-state index is 13.1. The van der Waals surface area contributed by atoms with E-state index < -0.39 is 11.8 Å². The molecule has 0 spiro atoms. The molecule has 0 aliphatic heterocycles. The van der Waals surface area contributed by atoms with Crippen LogP contribution in [0.25, 0.3) is 5.65 Å². The van der Waals surface area contributed by atoms with Crippen LogP contribution in [0.1, 0.15) is 12.1 Å². The van der Waals surface area contributed by atoms with Gasteiger partial charge >= 0.3 is 5.97 Å². The van der Waals surface area contributed by atoms with Gasteiger partial charge in [-0.1, -0.05) is 11.6 Å². The molecule has 0 unspecified atom stereocenters. The summed E-state index contributed by atoms with van der Waals surface area (Å²) in [6, 6.07) is 1.17. The van der Waals surface area contributed by atoms with Crippen LogP contribution in [0.5, 0.6) is 0 Å². The number of hydrogen-bond acceptors (Lipinski definition) is 2. The second-order valence-corrected chi connectivity index (χ2v) is 3.75. The van der Waals surface area contributed by atoms with Crippen molar-refractivity contribution in [3.05, 3.63) is 35.0 Å². The van der Waals surface area contributed by atoms with Crippen LogP contribution >= 0.6 is 11.6 Å². The molecule has 0 atom stereocenters. The summed E-state index contributed by atoms with van der Waals surface area (Å²) in [7, 11) is 0. The molecule has 6 heteroatoms. The van der Waals surface area contributed by atoms with Crippen LogP contribution in [0.15, 0.2) is 18.5 Å². The highest BCUT2D eigenvalue weighted by molar-refractivity contribution is 6.33. The van der Waals surface area contributed by atoms with E-state index in [2.05, 4.69) is 4.98 Å². The quantitative estimate of drug-likeness (QED) is 0.897. The van der Waals surface area contributed by atoms with Gasteiger partial charge < -0.3 is 5.11 Å². The van der Waals surface area contributed by atoms with Gasteiger partial charge in [-0.25, -0.2) is 9.37 Å². The Morgan fingerprint density at radius 2 is 2.38 bits per heavy atom. The number of hydrogen-bond donors (Lipinski definition) is 1. The molecule has 4 nitrogen and oxygen atoms in total. The maximum atomic E-state index is 13.1. The van der Waals surface area contributed by atoms with Crippen molar-refractivity contribution in [3.8, 4) is 0 Å². The van der Waals surface area contributed by atoms with Gasteiger partial charge in [-0.05, 0) is 6.07 Å². The number of carboxylic acids is 1. The smallest absolute Gasteiger partial charge is 0.303 e. The predicted molar refractivity (Wildman–Crippen MR) is 56.1 cm³/mol. The molecule has 0 aliphatic rings. The van der Waals surface area contributed by atoms with Crippen molar-refractivity contribution in [1.29, 1.82) is 0 Å². The molecule has 0 bridgehead atoms. The van der Waals surface area contributed by atoms with E-state index in [1.807, 2.05) is 0 Å². The molecule has 2 rings (SSSR count). The molecule has 0 saturated heterocycles. The molecular formula is C10H8ClFN2O2. The molecule has 84 valence electrons. The number of rotatable bonds is 3. The molecule has 2 aromatic rings. The number of fused-ring (bicyclic) bond motifs is 1. The number of imidazole rings is 1. The first-order valence-corrected chi connectivity index (χ1v) is 4.98. The van der Waals surface area contributed by atoms with Gasteiger partial charge in [0.15, 0.2) is 5.65 Å². The van der Waals surface area contributed by atoms with E-state index in [-0.39, 0.29) is 17.9 Å². The third-order valence-corrected chi connectivity index (χ3v) is 2.48. The summed E-state index contributed by atoms with van der Waals surface area (Å²) in [6.07, 6.45) is 3.01. The molecule has 0 aromatic carbocycles. The van der Waals surface area contributed by atoms with Gasteiger partial charge in [0.05, 0.1) is 11.4 Å². The molecule has 2 aromatic heterocycles. The monoisotopic (exact) mass is 242 g/mol. The first-order chi connectivity index (χ1) is 7.58. The summed E-state index contributed by atoms with van der Waals surface area (Å²) < 4.78 is 14.6. The van der Waals surface area contributed by atoms with Crippen LogP contribution in [0.2, 0.25) is 5.02 Å². The second kappa shape index (κ2) is 4.09. The van der Waals surface area contributed by atoms with Gasteiger partial charge in [-0.15, -0.1) is 0 Å². The Hall–Kier alpha value is -1.62. The average Bonchev–Trinajstić information content (AvgIpc) is 2.58. The van der Waals surface area contributed by atoms with E-state index in [0.717, 1.165) is 0 Å². The van der Waals surface area contributed by atoms with Crippen molar-refractivity contribution in [2.24, 2.45) is 0 Å². The Balaban J connectivity index is 2.43. The zero-order valence-corrected chi connectivity index (χ0v) is 8.91. The normalized spacial score (nSPS) is 10.9. The van der Waals surface area contributed by atoms with Crippen molar-refractivity contribution >= 4 is 23.2 Å². The highest BCUT2D eigenvalue weighted by Gasteiger charge is 2.09. The fourth-order valence-corrected chi connectivity index (χ4v) is 1.73. The molecule has 1 N–H and O–H groups in total. The minimum atomic E-state index is -0.905. The Labute approximate surface area is 95.3 Å². The van der Waals surface area contributed by atoms with E-state index >= 15 is 0 Å². The number of aliphatic carboxylic acids is 1. The van der Waals surface area contributed by atoms with E-state index in [1.165, 1.54) is 22.9 Å². The number of carboxylic acid groups (broad SMARTS) is 1. The topological polar surface area (TPSA) is 54.6 Å². The summed E-state index contributed by atoms with van der Waals surface area (Å²) in [5, 5.41) is 8.77. The Bertz CT molecular complexity index is 553. The highest BCUT2D eigenvalue weighted by atomic mass is 35.5. The summed E-state index contributed by atoms with van der Waals surface area (Å²) in [6.45, 7) is 0. The molecule has 0 saturated carbocycles. The third-order valence-electron chi connectivity index (χ3n) is 2.20. The summed E-state index contributed by atoms with van der Waals surface area (Å²) in [4.78, 5) is 14.4. The van der Waals surface area contributed by atoms with Gasteiger partial charge in [0.25, 0.3) is 0 Å². The molecule has 16 heavy (non-hydrogen) atoms. The standard InChI is InChI=1S/C10H8ClFN2O2/c11-8-3-6(12)5-14-7(1-2-9(15)16)4-13-10(8)14/h3-5H,1-2H2,(H,15,16). The van der Waals surface area contributed by atoms with Crippen molar-refractivity contribution < 1.29 is 14.3 Å². The van der Waals surface area contributed by atoms with Crippen LogP contribution in [-0.4, -0.2) is 20.5 Å². The van der Waals surface area contributed by atoms with Gasteiger partial charge in [-0.2, -0.15) is 0 Å². The molecule has 0 fully saturated rings. The van der Waals surface area contributed by atoms with Crippen molar-refractivity contribution in [2.75, 3.05) is 0 Å². The minimum Gasteiger partial charge on any atom is -0.481 e. The maximum Gasteiger partial charge on any atom is 0.303 e. The predicted octanol–water partition coefficient (Wildman–Crippen LogP) is 2.14. The third kappa shape index (κ3) is 1.99. The number of aryl methyl sites for hydroxylation is 1. The molecule has 0 aliphatic carbocycles. The van der Waals surface area contributed by atoms with Crippen molar-refractivity contribution in [3.63, 3.8) is 0 Å². The zero-order chi connectivity index (χ0) is 11.7. The fraction of sp³-hybridized carbons (Fsp3) is 0.200. The van der Waals surface area contributed by atoms with Gasteiger partial charge in [0, 0.05) is 24.5 Å². The van der Waals surface area contributed by atoms with Gasteiger partial charge in [-0.3, -0.25) is 9.20 Å². The summed E-state index contributed by atoms with van der Waals surface area (Å²) in [5.41, 5.74) is 1.06. The van der Waals surface area contributed by atoms with Crippen LogP contribution in [0.3, 0.4) is 0 Å². The van der Waals surface area contributed by atoms with Gasteiger partial charge in [0.1, 0.15) is 5.82 Å². The summed E-state index contributed by atoms with van der Waals surface area (Å²) >= 11 is 5.80. The molecular weight excluding hydrogens is 235 g/mol. The lowest BCUT2D eigenvalue weighted by Gasteiger charge is -2.01. The SMILES string of the molecule is O=C(O)CCc1cnc2c(Cl)cc(F)cn12.